The van der Waals surface area contributed by atoms with Crippen molar-refractivity contribution in [3.05, 3.63) is 47.5 Å². The van der Waals surface area contributed by atoms with E-state index in [1.807, 2.05) is 24.3 Å². The molecule has 0 saturated heterocycles. The maximum Gasteiger partial charge on any atom is 0.0550 e. The average Bonchev–Trinajstić information content (AvgIpc) is 2.22. The quantitative estimate of drug-likeness (QED) is 0.586. The predicted molar refractivity (Wildman–Crippen MR) is 73.3 cm³/mol. The molecule has 0 radical (unpaired) electrons. The molecule has 2 rings (SSSR count). The highest BCUT2D eigenvalue weighted by Gasteiger charge is 2.01. The third kappa shape index (κ3) is 2.60. The summed E-state index contributed by atoms with van der Waals surface area (Å²) in [6.45, 7) is 0. The van der Waals surface area contributed by atoms with Crippen LogP contribution in [0.25, 0.3) is 0 Å². The fraction of sp³-hybridized carbons (Fsp3) is 0.0769. The van der Waals surface area contributed by atoms with Crippen molar-refractivity contribution >= 4 is 22.7 Å². The molecule has 0 unspecified atom stereocenters. The zero-order valence-electron chi connectivity index (χ0n) is 9.48. The second kappa shape index (κ2) is 4.25. The fourth-order valence-corrected chi connectivity index (χ4v) is 1.82. The van der Waals surface area contributed by atoms with E-state index in [0.29, 0.717) is 22.7 Å². The lowest BCUT2D eigenvalue weighted by atomic mass is 10.0. The molecule has 2 aromatic carbocycles. The molecule has 4 heteroatoms. The Morgan fingerprint density at radius 1 is 0.647 bits per heavy atom. The molecule has 0 heterocycles. The monoisotopic (exact) mass is 228 g/mol. The minimum absolute atomic E-state index is 0.597. The van der Waals surface area contributed by atoms with Crippen LogP contribution in [-0.2, 0) is 6.42 Å². The highest BCUT2D eigenvalue weighted by molar-refractivity contribution is 5.64. The van der Waals surface area contributed by atoms with Gasteiger partial charge in [-0.1, -0.05) is 6.07 Å². The van der Waals surface area contributed by atoms with Crippen LogP contribution >= 0.6 is 0 Å². The van der Waals surface area contributed by atoms with Crippen molar-refractivity contribution in [1.82, 2.24) is 0 Å². The minimum atomic E-state index is 0.597. The molecule has 88 valence electrons. The van der Waals surface area contributed by atoms with Gasteiger partial charge in [0.05, 0.1) is 11.4 Å². The summed E-state index contributed by atoms with van der Waals surface area (Å²) in [5.74, 6) is 0. The Balaban J connectivity index is 2.28. The molecule has 0 fully saturated rings. The summed E-state index contributed by atoms with van der Waals surface area (Å²) >= 11 is 0. The van der Waals surface area contributed by atoms with Gasteiger partial charge in [0.25, 0.3) is 0 Å². The summed E-state index contributed by atoms with van der Waals surface area (Å²) in [4.78, 5) is 0. The molecule has 0 aliphatic heterocycles. The van der Waals surface area contributed by atoms with Gasteiger partial charge in [-0.3, -0.25) is 0 Å². The van der Waals surface area contributed by atoms with Crippen molar-refractivity contribution in [2.24, 2.45) is 0 Å². The molecule has 0 aliphatic carbocycles. The Hall–Kier alpha value is -2.36. The maximum atomic E-state index is 5.76. The Kier molecular flexibility index (Phi) is 2.78. The molecule has 17 heavy (non-hydrogen) atoms. The lowest BCUT2D eigenvalue weighted by Crippen LogP contribution is -1.98. The molecule has 8 N–H and O–H groups in total. The van der Waals surface area contributed by atoms with Crippen LogP contribution < -0.4 is 22.9 Å². The van der Waals surface area contributed by atoms with Crippen molar-refractivity contribution in [2.45, 2.75) is 6.42 Å². The SMILES string of the molecule is Nc1cc(N)cc(Cc2ccc(N)c(N)c2)c1. The van der Waals surface area contributed by atoms with Gasteiger partial charge >= 0.3 is 0 Å². The summed E-state index contributed by atoms with van der Waals surface area (Å²) in [7, 11) is 0. The first-order chi connectivity index (χ1) is 8.04. The van der Waals surface area contributed by atoms with Crippen molar-refractivity contribution in [1.29, 1.82) is 0 Å². The van der Waals surface area contributed by atoms with Crippen molar-refractivity contribution in [3.63, 3.8) is 0 Å². The highest BCUT2D eigenvalue weighted by atomic mass is 14.7. The summed E-state index contributed by atoms with van der Waals surface area (Å²) in [5, 5.41) is 0. The summed E-state index contributed by atoms with van der Waals surface area (Å²) in [5.41, 5.74) is 27.6. The normalized spacial score (nSPS) is 10.4. The van der Waals surface area contributed by atoms with Crippen LogP contribution in [0, 0.1) is 0 Å². The van der Waals surface area contributed by atoms with Crippen molar-refractivity contribution in [3.8, 4) is 0 Å². The smallest absolute Gasteiger partial charge is 0.0550 e. The van der Waals surface area contributed by atoms with Gasteiger partial charge in [-0.05, 0) is 47.9 Å². The number of nitrogen functional groups attached to an aromatic ring is 4. The van der Waals surface area contributed by atoms with Gasteiger partial charge in [0.2, 0.25) is 0 Å². The standard InChI is InChI=1S/C13H16N4/c14-10-4-9(5-11(15)7-10)3-8-1-2-12(16)13(17)6-8/h1-2,4-7H,3,14-17H2. The topological polar surface area (TPSA) is 104 Å². The van der Waals surface area contributed by atoms with E-state index < -0.39 is 0 Å². The Morgan fingerprint density at radius 2 is 1.29 bits per heavy atom. The number of anilines is 4. The number of hydrogen-bond acceptors (Lipinski definition) is 4. The van der Waals surface area contributed by atoms with Gasteiger partial charge in [-0.15, -0.1) is 0 Å². The van der Waals surface area contributed by atoms with Crippen LogP contribution in [0.2, 0.25) is 0 Å². The Labute approximate surface area is 100 Å². The lowest BCUT2D eigenvalue weighted by Gasteiger charge is -2.07. The van der Waals surface area contributed by atoms with Gasteiger partial charge in [-0.25, -0.2) is 0 Å². The molecule has 4 nitrogen and oxygen atoms in total. The van der Waals surface area contributed by atoms with E-state index in [9.17, 15) is 0 Å². The summed E-state index contributed by atoms with van der Waals surface area (Å²) in [6.07, 6.45) is 0.736. The van der Waals surface area contributed by atoms with Crippen LogP contribution in [0.5, 0.6) is 0 Å². The second-order valence-electron chi connectivity index (χ2n) is 4.15. The summed E-state index contributed by atoms with van der Waals surface area (Å²) in [6, 6.07) is 11.2. The van der Waals surface area contributed by atoms with Crippen LogP contribution in [0.4, 0.5) is 22.7 Å². The maximum absolute atomic E-state index is 5.76. The number of nitrogens with two attached hydrogens (primary N) is 4. The fourth-order valence-electron chi connectivity index (χ4n) is 1.82. The Morgan fingerprint density at radius 3 is 1.88 bits per heavy atom. The molecule has 0 atom stereocenters. The van der Waals surface area contributed by atoms with Crippen LogP contribution in [-0.4, -0.2) is 0 Å². The first-order valence-electron chi connectivity index (χ1n) is 5.33. The van der Waals surface area contributed by atoms with E-state index in [4.69, 9.17) is 22.9 Å². The summed E-state index contributed by atoms with van der Waals surface area (Å²) < 4.78 is 0. The minimum Gasteiger partial charge on any atom is -0.399 e. The average molecular weight is 228 g/mol. The van der Waals surface area contributed by atoms with Crippen LogP contribution in [0.1, 0.15) is 11.1 Å². The molecule has 0 saturated carbocycles. The van der Waals surface area contributed by atoms with E-state index in [-0.39, 0.29) is 0 Å². The Bertz CT molecular complexity index is 529. The molecule has 0 aromatic heterocycles. The molecule has 0 spiro atoms. The second-order valence-corrected chi connectivity index (χ2v) is 4.15. The van der Waals surface area contributed by atoms with Crippen LogP contribution in [0.15, 0.2) is 36.4 Å². The molecular formula is C13H16N4. The van der Waals surface area contributed by atoms with Gasteiger partial charge in [-0.2, -0.15) is 0 Å². The van der Waals surface area contributed by atoms with E-state index in [1.54, 1.807) is 12.1 Å². The number of hydrogen-bond donors (Lipinski definition) is 4. The highest BCUT2D eigenvalue weighted by Crippen LogP contribution is 2.21. The third-order valence-corrected chi connectivity index (χ3v) is 2.60. The molecule has 0 bridgehead atoms. The van der Waals surface area contributed by atoms with E-state index >= 15 is 0 Å². The molecule has 0 amide bonds. The zero-order valence-corrected chi connectivity index (χ0v) is 9.48. The van der Waals surface area contributed by atoms with Crippen LogP contribution in [0.3, 0.4) is 0 Å². The third-order valence-electron chi connectivity index (χ3n) is 2.60. The van der Waals surface area contributed by atoms with E-state index in [1.165, 1.54) is 0 Å². The van der Waals surface area contributed by atoms with E-state index in [0.717, 1.165) is 17.5 Å². The van der Waals surface area contributed by atoms with Crippen molar-refractivity contribution in [2.75, 3.05) is 22.9 Å². The largest absolute Gasteiger partial charge is 0.399 e. The number of rotatable bonds is 2. The lowest BCUT2D eigenvalue weighted by molar-refractivity contribution is 1.20. The molecule has 0 aliphatic rings. The van der Waals surface area contributed by atoms with Crippen molar-refractivity contribution < 1.29 is 0 Å². The van der Waals surface area contributed by atoms with Gasteiger partial charge in [0.1, 0.15) is 0 Å². The molecule has 2 aromatic rings. The molecular weight excluding hydrogens is 212 g/mol. The van der Waals surface area contributed by atoms with Gasteiger partial charge < -0.3 is 22.9 Å². The van der Waals surface area contributed by atoms with E-state index in [2.05, 4.69) is 0 Å². The first-order valence-corrected chi connectivity index (χ1v) is 5.33. The number of benzene rings is 2. The van der Waals surface area contributed by atoms with Gasteiger partial charge in [0.15, 0.2) is 0 Å². The predicted octanol–water partition coefficient (Wildman–Crippen LogP) is 1.61. The van der Waals surface area contributed by atoms with Gasteiger partial charge in [0, 0.05) is 11.4 Å². The first kappa shape index (κ1) is 11.1. The zero-order chi connectivity index (χ0) is 12.4.